The second kappa shape index (κ2) is 7.47. The zero-order chi connectivity index (χ0) is 21.6. The molecule has 7 heteroatoms. The number of likely N-dealkylation sites (tertiary alicyclic amines) is 1. The molecule has 3 heterocycles. The second-order valence-electron chi connectivity index (χ2n) is 8.28. The summed E-state index contributed by atoms with van der Waals surface area (Å²) >= 11 is 0. The van der Waals surface area contributed by atoms with Crippen molar-refractivity contribution in [3.8, 4) is 11.5 Å². The molecule has 2 bridgehead atoms. The SMILES string of the molecule is C=C(C)C[C@@H]1N(CCc2ccc(OC)c(OC)c2)C(=O)[C@H]2[C@@H](C(=O)O)[C@H]3C=C[C@@]12O3. The van der Waals surface area contributed by atoms with Gasteiger partial charge >= 0.3 is 5.97 Å². The van der Waals surface area contributed by atoms with Gasteiger partial charge in [-0.15, -0.1) is 6.58 Å². The Kier molecular flexibility index (Phi) is 5.10. The third-order valence-corrected chi connectivity index (χ3v) is 6.45. The van der Waals surface area contributed by atoms with Crippen molar-refractivity contribution < 1.29 is 28.9 Å². The molecular weight excluding hydrogens is 386 g/mol. The van der Waals surface area contributed by atoms with Gasteiger partial charge in [0.25, 0.3) is 0 Å². The molecule has 160 valence electrons. The van der Waals surface area contributed by atoms with Crippen molar-refractivity contribution in [1.82, 2.24) is 4.90 Å². The average molecular weight is 413 g/mol. The number of ether oxygens (including phenoxy) is 3. The first-order valence-corrected chi connectivity index (χ1v) is 10.1. The molecule has 2 saturated heterocycles. The first-order valence-electron chi connectivity index (χ1n) is 10.1. The molecule has 0 aromatic heterocycles. The van der Waals surface area contributed by atoms with Gasteiger partial charge in [-0.2, -0.15) is 0 Å². The summed E-state index contributed by atoms with van der Waals surface area (Å²) in [7, 11) is 3.17. The fraction of sp³-hybridized carbons (Fsp3) is 0.478. The molecule has 5 atom stereocenters. The number of carbonyl (C=O) groups excluding carboxylic acids is 1. The van der Waals surface area contributed by atoms with E-state index in [0.29, 0.717) is 30.9 Å². The number of rotatable bonds is 8. The highest BCUT2D eigenvalue weighted by Crippen LogP contribution is 2.56. The Morgan fingerprint density at radius 2 is 2.03 bits per heavy atom. The molecule has 3 aliphatic rings. The minimum Gasteiger partial charge on any atom is -0.493 e. The van der Waals surface area contributed by atoms with Crippen molar-refractivity contribution in [3.05, 3.63) is 48.1 Å². The van der Waals surface area contributed by atoms with Gasteiger partial charge in [0.1, 0.15) is 11.5 Å². The van der Waals surface area contributed by atoms with Crippen LogP contribution in [-0.4, -0.2) is 60.4 Å². The van der Waals surface area contributed by atoms with Crippen LogP contribution in [-0.2, 0) is 20.7 Å². The van der Waals surface area contributed by atoms with E-state index in [-0.39, 0.29) is 11.9 Å². The van der Waals surface area contributed by atoms with E-state index in [4.69, 9.17) is 14.2 Å². The van der Waals surface area contributed by atoms with E-state index in [1.54, 1.807) is 25.2 Å². The van der Waals surface area contributed by atoms with E-state index >= 15 is 0 Å². The second-order valence-corrected chi connectivity index (χ2v) is 8.28. The van der Waals surface area contributed by atoms with E-state index in [1.165, 1.54) is 0 Å². The summed E-state index contributed by atoms with van der Waals surface area (Å²) in [5.41, 5.74) is 1.04. The van der Waals surface area contributed by atoms with Gasteiger partial charge in [-0.3, -0.25) is 9.59 Å². The third-order valence-electron chi connectivity index (χ3n) is 6.45. The zero-order valence-electron chi connectivity index (χ0n) is 17.5. The fourth-order valence-electron chi connectivity index (χ4n) is 5.15. The van der Waals surface area contributed by atoms with Crippen LogP contribution < -0.4 is 9.47 Å². The summed E-state index contributed by atoms with van der Waals surface area (Å²) in [6.45, 7) is 6.40. The highest BCUT2D eigenvalue weighted by atomic mass is 16.5. The minimum absolute atomic E-state index is 0.152. The topological polar surface area (TPSA) is 85.3 Å². The quantitative estimate of drug-likeness (QED) is 0.659. The molecule has 7 nitrogen and oxygen atoms in total. The summed E-state index contributed by atoms with van der Waals surface area (Å²) in [4.78, 5) is 27.1. The Balaban J connectivity index is 1.61. The molecule has 1 spiro atoms. The number of benzene rings is 1. The Bertz CT molecular complexity index is 924. The van der Waals surface area contributed by atoms with Gasteiger partial charge in [0.05, 0.1) is 32.3 Å². The maximum atomic E-state index is 13.4. The van der Waals surface area contributed by atoms with Gasteiger partial charge in [0.2, 0.25) is 5.91 Å². The molecular formula is C23H27NO6. The number of amides is 1. The smallest absolute Gasteiger partial charge is 0.310 e. The predicted octanol–water partition coefficient (Wildman–Crippen LogP) is 2.45. The van der Waals surface area contributed by atoms with Crippen LogP contribution in [0.5, 0.6) is 11.5 Å². The Hall–Kier alpha value is -2.80. The summed E-state index contributed by atoms with van der Waals surface area (Å²) < 4.78 is 16.8. The molecule has 1 aromatic rings. The number of carboxylic acid groups (broad SMARTS) is 1. The number of hydrogen-bond acceptors (Lipinski definition) is 5. The lowest BCUT2D eigenvalue weighted by Crippen LogP contribution is -2.45. The maximum Gasteiger partial charge on any atom is 0.310 e. The van der Waals surface area contributed by atoms with Crippen LogP contribution in [0.1, 0.15) is 18.9 Å². The first kappa shape index (κ1) is 20.5. The van der Waals surface area contributed by atoms with E-state index < -0.39 is 29.5 Å². The summed E-state index contributed by atoms with van der Waals surface area (Å²) in [5, 5.41) is 9.74. The molecule has 0 aliphatic carbocycles. The molecule has 0 radical (unpaired) electrons. The van der Waals surface area contributed by atoms with Crippen molar-refractivity contribution in [2.24, 2.45) is 11.8 Å². The molecule has 1 N–H and O–H groups in total. The molecule has 2 fully saturated rings. The van der Waals surface area contributed by atoms with Gasteiger partial charge in [-0.25, -0.2) is 0 Å². The van der Waals surface area contributed by atoms with E-state index in [9.17, 15) is 14.7 Å². The van der Waals surface area contributed by atoms with E-state index in [0.717, 1.165) is 11.1 Å². The van der Waals surface area contributed by atoms with Crippen molar-refractivity contribution in [3.63, 3.8) is 0 Å². The normalized spacial score (nSPS) is 31.2. The largest absolute Gasteiger partial charge is 0.493 e. The van der Waals surface area contributed by atoms with Crippen LogP contribution in [0, 0.1) is 11.8 Å². The lowest BCUT2D eigenvalue weighted by molar-refractivity contribution is -0.148. The Morgan fingerprint density at radius 1 is 1.30 bits per heavy atom. The highest BCUT2D eigenvalue weighted by Gasteiger charge is 2.70. The zero-order valence-corrected chi connectivity index (χ0v) is 17.5. The number of fused-ring (bicyclic) bond motifs is 1. The van der Waals surface area contributed by atoms with Crippen molar-refractivity contribution >= 4 is 11.9 Å². The van der Waals surface area contributed by atoms with Crippen LogP contribution in [0.25, 0.3) is 0 Å². The van der Waals surface area contributed by atoms with Crippen LogP contribution in [0.15, 0.2) is 42.5 Å². The van der Waals surface area contributed by atoms with Crippen LogP contribution in [0.3, 0.4) is 0 Å². The van der Waals surface area contributed by atoms with Gasteiger partial charge in [-0.1, -0.05) is 23.8 Å². The molecule has 0 unspecified atom stereocenters. The van der Waals surface area contributed by atoms with Crippen molar-refractivity contribution in [1.29, 1.82) is 0 Å². The third kappa shape index (κ3) is 2.99. The van der Waals surface area contributed by atoms with Crippen LogP contribution in [0.2, 0.25) is 0 Å². The molecule has 3 aliphatic heterocycles. The van der Waals surface area contributed by atoms with Gasteiger partial charge in [0.15, 0.2) is 11.5 Å². The maximum absolute atomic E-state index is 13.4. The summed E-state index contributed by atoms with van der Waals surface area (Å²) in [5.74, 6) is -1.40. The number of carboxylic acids is 1. The monoisotopic (exact) mass is 413 g/mol. The Morgan fingerprint density at radius 3 is 2.67 bits per heavy atom. The summed E-state index contributed by atoms with van der Waals surface area (Å²) in [6.07, 6.45) is 4.33. The van der Waals surface area contributed by atoms with Gasteiger partial charge in [0, 0.05) is 6.54 Å². The average Bonchev–Trinajstić information content (AvgIpc) is 3.35. The molecule has 1 amide bonds. The van der Waals surface area contributed by atoms with Gasteiger partial charge < -0.3 is 24.2 Å². The minimum atomic E-state index is -0.986. The van der Waals surface area contributed by atoms with E-state index in [1.807, 2.05) is 31.2 Å². The van der Waals surface area contributed by atoms with E-state index in [2.05, 4.69) is 6.58 Å². The predicted molar refractivity (Wildman–Crippen MR) is 110 cm³/mol. The van der Waals surface area contributed by atoms with Crippen LogP contribution in [0.4, 0.5) is 0 Å². The van der Waals surface area contributed by atoms with Gasteiger partial charge in [-0.05, 0) is 37.5 Å². The number of carbonyl (C=O) groups is 2. The first-order chi connectivity index (χ1) is 14.3. The number of methoxy groups -OCH3 is 2. The molecule has 1 aromatic carbocycles. The molecule has 0 saturated carbocycles. The van der Waals surface area contributed by atoms with Crippen LogP contribution >= 0.6 is 0 Å². The van der Waals surface area contributed by atoms with Crippen molar-refractivity contribution in [2.45, 2.75) is 37.5 Å². The molecule has 4 rings (SSSR count). The van der Waals surface area contributed by atoms with Crippen molar-refractivity contribution in [2.75, 3.05) is 20.8 Å². The highest BCUT2D eigenvalue weighted by molar-refractivity contribution is 5.91. The number of nitrogens with zero attached hydrogens (tertiary/aromatic N) is 1. The fourth-order valence-corrected chi connectivity index (χ4v) is 5.15. The lowest BCUT2D eigenvalue weighted by Gasteiger charge is -2.33. The summed E-state index contributed by atoms with van der Waals surface area (Å²) in [6, 6.07) is 5.41. The number of aliphatic carboxylic acids is 1. The Labute approximate surface area is 175 Å². The lowest BCUT2D eigenvalue weighted by atomic mass is 9.74. The number of hydrogen-bond donors (Lipinski definition) is 1. The molecule has 30 heavy (non-hydrogen) atoms. The standard InChI is InChI=1S/C23H27NO6/c1-13(2)11-18-23-9-7-16(30-23)19(22(26)27)20(23)21(25)24(18)10-8-14-5-6-15(28-3)17(12-14)29-4/h5-7,9,12,16,18-20H,1,8,10-11H2,2-4H3,(H,26,27)/t16-,18+,19+,20-,23-/m1/s1.